The fraction of sp³-hybridized carbons (Fsp3) is 0. The van der Waals surface area contributed by atoms with Crippen LogP contribution in [-0.4, -0.2) is 51.5 Å². The normalized spacial score (nSPS) is 0. The van der Waals surface area contributed by atoms with E-state index in [2.05, 4.69) is 0 Å². The van der Waals surface area contributed by atoms with Crippen molar-refractivity contribution in [3.8, 4) is 0 Å². The second-order valence-corrected chi connectivity index (χ2v) is 0. The first kappa shape index (κ1) is 195. The van der Waals surface area contributed by atoms with Gasteiger partial charge in [-0.3, -0.25) is 0 Å². The van der Waals surface area contributed by atoms with Crippen LogP contribution in [0.25, 0.3) is 0 Å². The molecule has 0 aromatic rings. The SMILES string of the molecule is O.O.O.O.S.[NaH]. The second-order valence-electron chi connectivity index (χ2n) is 0. The van der Waals surface area contributed by atoms with Crippen LogP contribution < -0.4 is 0 Å². The van der Waals surface area contributed by atoms with Crippen LogP contribution in [0.3, 0.4) is 0 Å². The average molecular weight is 130 g/mol. The summed E-state index contributed by atoms with van der Waals surface area (Å²) in [5.41, 5.74) is 0. The van der Waals surface area contributed by atoms with Gasteiger partial charge in [-0.05, 0) is 0 Å². The van der Waals surface area contributed by atoms with Gasteiger partial charge in [0.15, 0.2) is 0 Å². The standard InChI is InChI=1S/Na.4H2O.H2S.H/h;5*1H2;. The van der Waals surface area contributed by atoms with Crippen molar-refractivity contribution in [3.05, 3.63) is 0 Å². The Bertz CT molecular complexity index is 7.51. The molecule has 0 aliphatic rings. The first-order chi connectivity index (χ1) is 0. The third-order valence-corrected chi connectivity index (χ3v) is 0. The van der Waals surface area contributed by atoms with Crippen LogP contribution in [-0.2, 0) is 0 Å². The van der Waals surface area contributed by atoms with Crippen molar-refractivity contribution >= 4 is 43.1 Å². The van der Waals surface area contributed by atoms with E-state index in [0.29, 0.717) is 0 Å². The molecule has 0 amide bonds. The van der Waals surface area contributed by atoms with Gasteiger partial charge in [-0.15, -0.1) is 0 Å². The van der Waals surface area contributed by atoms with Crippen molar-refractivity contribution in [2.24, 2.45) is 0 Å². The van der Waals surface area contributed by atoms with Crippen molar-refractivity contribution in [3.63, 3.8) is 0 Å². The predicted molar refractivity (Wildman–Crippen MR) is 32.0 cm³/mol. The maximum absolute atomic E-state index is 0. The predicted octanol–water partition coefficient (Wildman–Crippen LogP) is -3.83. The van der Waals surface area contributed by atoms with E-state index in [1.165, 1.54) is 0 Å². The van der Waals surface area contributed by atoms with Gasteiger partial charge in [-0.1, -0.05) is 0 Å². The molecular formula is H11NaO4S. The van der Waals surface area contributed by atoms with Crippen molar-refractivity contribution < 1.29 is 21.9 Å². The van der Waals surface area contributed by atoms with E-state index in [9.17, 15) is 0 Å². The zero-order chi connectivity index (χ0) is 0. The first-order valence-corrected chi connectivity index (χ1v) is 0. The van der Waals surface area contributed by atoms with Gasteiger partial charge in [0.2, 0.25) is 0 Å². The van der Waals surface area contributed by atoms with Gasteiger partial charge in [0, 0.05) is 0 Å². The Kier molecular flexibility index (Phi) is 3820. The molecule has 0 spiro atoms. The zero-order valence-corrected chi connectivity index (χ0v) is 3.50. The molecule has 0 radical (unpaired) electrons. The van der Waals surface area contributed by atoms with Crippen LogP contribution in [0.5, 0.6) is 0 Å². The Labute approximate surface area is 64.9 Å². The van der Waals surface area contributed by atoms with E-state index < -0.39 is 0 Å². The quantitative estimate of drug-likeness (QED) is 0.298. The van der Waals surface area contributed by atoms with Gasteiger partial charge in [0.1, 0.15) is 0 Å². The van der Waals surface area contributed by atoms with Crippen LogP contribution in [0.2, 0.25) is 0 Å². The summed E-state index contributed by atoms with van der Waals surface area (Å²) in [6.07, 6.45) is 0. The fourth-order valence-electron chi connectivity index (χ4n) is 0. The summed E-state index contributed by atoms with van der Waals surface area (Å²) in [6, 6.07) is 0. The van der Waals surface area contributed by atoms with Gasteiger partial charge in [-0.25, -0.2) is 0 Å². The molecule has 4 nitrogen and oxygen atoms in total. The molecule has 0 bridgehead atoms. The van der Waals surface area contributed by atoms with Gasteiger partial charge in [0.05, 0.1) is 0 Å². The van der Waals surface area contributed by atoms with Crippen LogP contribution in [0.1, 0.15) is 0 Å². The number of rotatable bonds is 0. The maximum atomic E-state index is 0. The molecule has 0 saturated heterocycles. The molecule has 8 N–H and O–H groups in total. The summed E-state index contributed by atoms with van der Waals surface area (Å²) < 4.78 is 0. The summed E-state index contributed by atoms with van der Waals surface area (Å²) in [4.78, 5) is 0. The Balaban J connectivity index is 0. The summed E-state index contributed by atoms with van der Waals surface area (Å²) in [6.45, 7) is 0. The molecule has 6 heteroatoms. The Morgan fingerprint density at radius 1 is 0.500 bits per heavy atom. The second kappa shape index (κ2) is 118. The van der Waals surface area contributed by atoms with Crippen LogP contribution >= 0.6 is 13.5 Å². The monoisotopic (exact) mass is 130 g/mol. The van der Waals surface area contributed by atoms with Gasteiger partial charge in [0.25, 0.3) is 0 Å². The summed E-state index contributed by atoms with van der Waals surface area (Å²) in [5, 5.41) is 0. The molecular weight excluding hydrogens is 119 g/mol. The minimum atomic E-state index is 0. The zero-order valence-electron chi connectivity index (χ0n) is 2.50. The van der Waals surface area contributed by atoms with Gasteiger partial charge < -0.3 is 21.9 Å². The molecule has 0 unspecified atom stereocenters. The number of hydrogen-bond acceptors (Lipinski definition) is 0. The summed E-state index contributed by atoms with van der Waals surface area (Å²) >= 11 is 0. The van der Waals surface area contributed by atoms with Crippen LogP contribution in [0, 0.1) is 0 Å². The first-order valence-electron chi connectivity index (χ1n) is 0. The van der Waals surface area contributed by atoms with E-state index in [4.69, 9.17) is 0 Å². The van der Waals surface area contributed by atoms with Crippen LogP contribution in [0.15, 0.2) is 0 Å². The van der Waals surface area contributed by atoms with Gasteiger partial charge >= 0.3 is 29.6 Å². The summed E-state index contributed by atoms with van der Waals surface area (Å²) in [7, 11) is 0. The van der Waals surface area contributed by atoms with Crippen molar-refractivity contribution in [2.75, 3.05) is 0 Å². The topological polar surface area (TPSA) is 126 Å². The average Bonchev–Trinajstić information content (AvgIpc) is 0. The van der Waals surface area contributed by atoms with E-state index in [1.54, 1.807) is 0 Å². The Morgan fingerprint density at radius 3 is 0.500 bits per heavy atom. The molecule has 0 aliphatic heterocycles. The molecule has 0 aromatic heterocycles. The van der Waals surface area contributed by atoms with E-state index in [1.807, 2.05) is 0 Å². The third kappa shape index (κ3) is 64.3. The van der Waals surface area contributed by atoms with Crippen molar-refractivity contribution in [1.29, 1.82) is 0 Å². The van der Waals surface area contributed by atoms with E-state index in [0.717, 1.165) is 0 Å². The Hall–Kier alpha value is 1.19. The summed E-state index contributed by atoms with van der Waals surface area (Å²) in [5.74, 6) is 0. The van der Waals surface area contributed by atoms with Crippen molar-refractivity contribution in [2.45, 2.75) is 0 Å². The molecule has 0 rings (SSSR count). The molecule has 0 aromatic carbocycles. The Morgan fingerprint density at radius 2 is 0.500 bits per heavy atom. The molecule has 0 heterocycles. The minimum absolute atomic E-state index is 0. The molecule has 0 atom stereocenters. The fourth-order valence-corrected chi connectivity index (χ4v) is 0. The van der Waals surface area contributed by atoms with Crippen molar-refractivity contribution in [1.82, 2.24) is 0 Å². The number of hydrogen-bond donors (Lipinski definition) is 0. The molecule has 6 heavy (non-hydrogen) atoms. The molecule has 0 aliphatic carbocycles. The van der Waals surface area contributed by atoms with E-state index >= 15 is 0 Å². The third-order valence-electron chi connectivity index (χ3n) is 0. The molecule has 0 fully saturated rings. The van der Waals surface area contributed by atoms with E-state index in [-0.39, 0.29) is 65.0 Å². The van der Waals surface area contributed by atoms with Crippen LogP contribution in [0.4, 0.5) is 0 Å². The molecule has 0 saturated carbocycles. The van der Waals surface area contributed by atoms with Gasteiger partial charge in [-0.2, -0.15) is 13.5 Å². The molecule has 42 valence electrons.